The third kappa shape index (κ3) is 5.88. The quantitative estimate of drug-likeness (QED) is 0.772. The Hall–Kier alpha value is -2.23. The van der Waals surface area contributed by atoms with Crippen LogP contribution in [0, 0.1) is 11.8 Å². The van der Waals surface area contributed by atoms with Crippen LogP contribution in [0.5, 0.6) is 0 Å². The molecule has 1 aliphatic heterocycles. The van der Waals surface area contributed by atoms with Gasteiger partial charge in [-0.25, -0.2) is 4.79 Å². The molecule has 1 heterocycles. The lowest BCUT2D eigenvalue weighted by atomic mass is 9.88. The predicted octanol–water partition coefficient (Wildman–Crippen LogP) is 5.25. The van der Waals surface area contributed by atoms with E-state index in [1.807, 2.05) is 43.9 Å². The Labute approximate surface area is 163 Å². The fraction of sp³-hybridized carbons (Fsp3) is 0.522. The standard InChI is InChI=1S/C23H32N2O2/c1-23(2,3)27-22(26)25-16-19(14-18-10-6-4-7-11-18)20(17-25)15-24-21-12-8-5-9-13-21/h5-6,8-13,19-20,24H,4,7,14-17H2,1-3H3/t19-,20-/m0/s1. The third-order valence-corrected chi connectivity index (χ3v) is 5.14. The molecule has 2 aliphatic rings. The molecule has 1 fully saturated rings. The molecule has 4 heteroatoms. The lowest BCUT2D eigenvalue weighted by Crippen LogP contribution is -2.35. The van der Waals surface area contributed by atoms with E-state index in [0.29, 0.717) is 11.8 Å². The number of nitrogens with zero attached hydrogens (tertiary/aromatic N) is 1. The van der Waals surface area contributed by atoms with Crippen molar-refractivity contribution in [2.45, 2.75) is 45.6 Å². The Bertz CT molecular complexity index is 688. The number of carbonyl (C=O) groups excluding carboxylic acids is 1. The topological polar surface area (TPSA) is 41.6 Å². The van der Waals surface area contributed by atoms with Crippen molar-refractivity contribution in [3.05, 3.63) is 54.1 Å². The summed E-state index contributed by atoms with van der Waals surface area (Å²) in [5.41, 5.74) is 2.08. The van der Waals surface area contributed by atoms with Crippen molar-refractivity contribution in [2.24, 2.45) is 11.8 Å². The van der Waals surface area contributed by atoms with Gasteiger partial charge in [-0.1, -0.05) is 42.0 Å². The summed E-state index contributed by atoms with van der Waals surface area (Å²) < 4.78 is 5.61. The number of hydrogen-bond acceptors (Lipinski definition) is 3. The first-order chi connectivity index (χ1) is 12.9. The van der Waals surface area contributed by atoms with Gasteiger partial charge in [0.05, 0.1) is 0 Å². The van der Waals surface area contributed by atoms with Crippen LogP contribution in [0.4, 0.5) is 10.5 Å². The highest BCUT2D eigenvalue weighted by atomic mass is 16.6. The molecule has 0 aromatic heterocycles. The average Bonchev–Trinajstić information content (AvgIpc) is 3.03. The van der Waals surface area contributed by atoms with Gasteiger partial charge in [-0.15, -0.1) is 0 Å². The highest BCUT2D eigenvalue weighted by Gasteiger charge is 2.37. The van der Waals surface area contributed by atoms with Crippen LogP contribution in [0.2, 0.25) is 0 Å². The molecule has 2 atom stereocenters. The summed E-state index contributed by atoms with van der Waals surface area (Å²) in [7, 11) is 0. The molecule has 4 nitrogen and oxygen atoms in total. The summed E-state index contributed by atoms with van der Waals surface area (Å²) >= 11 is 0. The molecule has 0 saturated carbocycles. The van der Waals surface area contributed by atoms with E-state index in [1.165, 1.54) is 5.57 Å². The normalized spacial score (nSPS) is 22.5. The first-order valence-corrected chi connectivity index (χ1v) is 10.0. The van der Waals surface area contributed by atoms with Crippen molar-refractivity contribution in [1.29, 1.82) is 0 Å². The summed E-state index contributed by atoms with van der Waals surface area (Å²) in [4.78, 5) is 14.5. The van der Waals surface area contributed by atoms with E-state index in [4.69, 9.17) is 4.74 Å². The second-order valence-corrected chi connectivity index (χ2v) is 8.62. The minimum atomic E-state index is -0.457. The van der Waals surface area contributed by atoms with Crippen molar-refractivity contribution in [3.8, 4) is 0 Å². The van der Waals surface area contributed by atoms with Crippen LogP contribution in [-0.2, 0) is 4.74 Å². The van der Waals surface area contributed by atoms with Gasteiger partial charge in [0.25, 0.3) is 0 Å². The molecule has 1 amide bonds. The van der Waals surface area contributed by atoms with Gasteiger partial charge in [0.1, 0.15) is 5.60 Å². The van der Waals surface area contributed by atoms with Crippen molar-refractivity contribution in [3.63, 3.8) is 0 Å². The van der Waals surface area contributed by atoms with Gasteiger partial charge < -0.3 is 15.0 Å². The Morgan fingerprint density at radius 1 is 1.15 bits per heavy atom. The molecule has 1 aromatic rings. The number of nitrogens with one attached hydrogen (secondary N) is 1. The van der Waals surface area contributed by atoms with Crippen LogP contribution in [0.3, 0.4) is 0 Å². The number of para-hydroxylation sites is 1. The lowest BCUT2D eigenvalue weighted by Gasteiger charge is -2.24. The minimum absolute atomic E-state index is 0.192. The van der Waals surface area contributed by atoms with E-state index in [9.17, 15) is 4.79 Å². The Morgan fingerprint density at radius 3 is 2.56 bits per heavy atom. The summed E-state index contributed by atoms with van der Waals surface area (Å²) in [6.45, 7) is 8.14. The van der Waals surface area contributed by atoms with Crippen molar-refractivity contribution in [2.75, 3.05) is 25.0 Å². The van der Waals surface area contributed by atoms with Gasteiger partial charge in [-0.05, 0) is 64.0 Å². The molecule has 0 unspecified atom stereocenters. The molecule has 0 spiro atoms. The van der Waals surface area contributed by atoms with Gasteiger partial charge in [-0.2, -0.15) is 0 Å². The van der Waals surface area contributed by atoms with E-state index in [-0.39, 0.29) is 6.09 Å². The minimum Gasteiger partial charge on any atom is -0.444 e. The molecule has 1 aliphatic carbocycles. The fourth-order valence-corrected chi connectivity index (χ4v) is 3.80. The number of likely N-dealkylation sites (tertiary alicyclic amines) is 1. The van der Waals surface area contributed by atoms with Crippen LogP contribution >= 0.6 is 0 Å². The highest BCUT2D eigenvalue weighted by Crippen LogP contribution is 2.32. The maximum atomic E-state index is 12.6. The van der Waals surface area contributed by atoms with Crippen molar-refractivity contribution < 1.29 is 9.53 Å². The van der Waals surface area contributed by atoms with Crippen LogP contribution in [0.25, 0.3) is 0 Å². The number of allylic oxidation sites excluding steroid dienone is 4. The molecule has 27 heavy (non-hydrogen) atoms. The zero-order chi connectivity index (χ0) is 19.3. The van der Waals surface area contributed by atoms with Crippen molar-refractivity contribution in [1.82, 2.24) is 4.90 Å². The Balaban J connectivity index is 1.65. The maximum Gasteiger partial charge on any atom is 0.410 e. The summed E-state index contributed by atoms with van der Waals surface area (Å²) in [5.74, 6) is 0.858. The monoisotopic (exact) mass is 368 g/mol. The second-order valence-electron chi connectivity index (χ2n) is 8.62. The molecule has 0 radical (unpaired) electrons. The molecule has 1 saturated heterocycles. The molecular weight excluding hydrogens is 336 g/mol. The summed E-state index contributed by atoms with van der Waals surface area (Å²) in [6.07, 6.45) is 9.95. The molecule has 3 rings (SSSR count). The van der Waals surface area contributed by atoms with E-state index in [2.05, 4.69) is 35.7 Å². The van der Waals surface area contributed by atoms with E-state index < -0.39 is 5.60 Å². The number of ether oxygens (including phenoxy) is 1. The predicted molar refractivity (Wildman–Crippen MR) is 111 cm³/mol. The number of anilines is 1. The van der Waals surface area contributed by atoms with Gasteiger partial charge in [-0.3, -0.25) is 0 Å². The van der Waals surface area contributed by atoms with E-state index >= 15 is 0 Å². The molecule has 146 valence electrons. The van der Waals surface area contributed by atoms with Gasteiger partial charge in [0.2, 0.25) is 0 Å². The lowest BCUT2D eigenvalue weighted by molar-refractivity contribution is 0.0284. The number of amides is 1. The smallest absolute Gasteiger partial charge is 0.410 e. The average molecular weight is 369 g/mol. The van der Waals surface area contributed by atoms with Crippen LogP contribution in [0.15, 0.2) is 54.1 Å². The maximum absolute atomic E-state index is 12.6. The Kier molecular flexibility index (Phi) is 6.25. The van der Waals surface area contributed by atoms with E-state index in [0.717, 1.165) is 44.6 Å². The van der Waals surface area contributed by atoms with Gasteiger partial charge in [0, 0.05) is 25.3 Å². The first-order valence-electron chi connectivity index (χ1n) is 10.0. The molecule has 1 N–H and O–H groups in total. The molecule has 0 bridgehead atoms. The van der Waals surface area contributed by atoms with Crippen LogP contribution < -0.4 is 5.32 Å². The van der Waals surface area contributed by atoms with E-state index in [1.54, 1.807) is 0 Å². The van der Waals surface area contributed by atoms with Crippen molar-refractivity contribution >= 4 is 11.8 Å². The first kappa shape index (κ1) is 19.5. The second kappa shape index (κ2) is 8.64. The molecule has 1 aromatic carbocycles. The number of carbonyl (C=O) groups is 1. The number of rotatable bonds is 5. The number of benzene rings is 1. The van der Waals surface area contributed by atoms with Crippen LogP contribution in [0.1, 0.15) is 40.0 Å². The Morgan fingerprint density at radius 2 is 1.89 bits per heavy atom. The fourth-order valence-electron chi connectivity index (χ4n) is 3.80. The zero-order valence-electron chi connectivity index (χ0n) is 16.8. The number of hydrogen-bond donors (Lipinski definition) is 1. The SMILES string of the molecule is CC(C)(C)OC(=O)N1C[C@H](CNc2ccccc2)[C@@H](CC2=CCCC=C2)C1. The van der Waals surface area contributed by atoms with Gasteiger partial charge in [0.15, 0.2) is 0 Å². The van der Waals surface area contributed by atoms with Crippen LogP contribution in [-0.4, -0.2) is 36.2 Å². The zero-order valence-corrected chi connectivity index (χ0v) is 16.8. The summed E-state index contributed by atoms with van der Waals surface area (Å²) in [5, 5.41) is 3.55. The third-order valence-electron chi connectivity index (χ3n) is 5.14. The summed E-state index contributed by atoms with van der Waals surface area (Å²) in [6, 6.07) is 10.3. The van der Waals surface area contributed by atoms with Gasteiger partial charge >= 0.3 is 6.09 Å². The molecular formula is C23H32N2O2. The largest absolute Gasteiger partial charge is 0.444 e. The highest BCUT2D eigenvalue weighted by molar-refractivity contribution is 5.68.